The molecule has 2 aromatic carbocycles. The fourth-order valence-electron chi connectivity index (χ4n) is 2.39. The van der Waals surface area contributed by atoms with Gasteiger partial charge in [-0.25, -0.2) is 4.98 Å². The van der Waals surface area contributed by atoms with Gasteiger partial charge in [0.05, 0.1) is 17.6 Å². The molecule has 1 N–H and O–H groups in total. The van der Waals surface area contributed by atoms with E-state index in [2.05, 4.69) is 57.0 Å². The van der Waals surface area contributed by atoms with Crippen LogP contribution in [0, 0.1) is 0 Å². The Morgan fingerprint density at radius 3 is 2.65 bits per heavy atom. The maximum atomic E-state index is 4.71. The Kier molecular flexibility index (Phi) is 3.74. The van der Waals surface area contributed by atoms with Crippen molar-refractivity contribution in [3.63, 3.8) is 0 Å². The van der Waals surface area contributed by atoms with Gasteiger partial charge in [0.1, 0.15) is 5.82 Å². The van der Waals surface area contributed by atoms with Crippen LogP contribution in [0.4, 0.5) is 5.69 Å². The largest absolute Gasteiger partial charge is 0.377 e. The van der Waals surface area contributed by atoms with Crippen LogP contribution >= 0.6 is 15.9 Å². The molecule has 102 valence electrons. The molecule has 0 atom stereocenters. The van der Waals surface area contributed by atoms with Gasteiger partial charge in [0.25, 0.3) is 0 Å². The molecular weight excluding hydrogens is 314 g/mol. The van der Waals surface area contributed by atoms with Crippen molar-refractivity contribution in [3.05, 3.63) is 58.8 Å². The third-order valence-electron chi connectivity index (χ3n) is 3.36. The van der Waals surface area contributed by atoms with Crippen molar-refractivity contribution >= 4 is 32.7 Å². The maximum absolute atomic E-state index is 4.71. The number of para-hydroxylation sites is 3. The number of hydrogen-bond acceptors (Lipinski definition) is 2. The van der Waals surface area contributed by atoms with Crippen LogP contribution in [-0.2, 0) is 13.1 Å². The Bertz CT molecular complexity index is 733. The minimum absolute atomic E-state index is 0.713. The van der Waals surface area contributed by atoms with Crippen molar-refractivity contribution in [3.8, 4) is 0 Å². The summed E-state index contributed by atoms with van der Waals surface area (Å²) in [7, 11) is 0. The molecule has 0 radical (unpaired) electrons. The molecule has 1 aromatic heterocycles. The van der Waals surface area contributed by atoms with Crippen molar-refractivity contribution < 1.29 is 0 Å². The molecular formula is C16H16BrN3. The molecule has 0 fully saturated rings. The Morgan fingerprint density at radius 2 is 1.85 bits per heavy atom. The molecule has 0 bridgehead atoms. The monoisotopic (exact) mass is 329 g/mol. The van der Waals surface area contributed by atoms with Gasteiger partial charge in [-0.15, -0.1) is 0 Å². The summed E-state index contributed by atoms with van der Waals surface area (Å²) in [6, 6.07) is 16.4. The van der Waals surface area contributed by atoms with E-state index in [1.807, 2.05) is 24.3 Å². The average Bonchev–Trinajstić information content (AvgIpc) is 2.84. The number of anilines is 1. The van der Waals surface area contributed by atoms with Crippen LogP contribution in [0.25, 0.3) is 11.0 Å². The quantitative estimate of drug-likeness (QED) is 0.767. The molecule has 4 heteroatoms. The van der Waals surface area contributed by atoms with E-state index in [1.54, 1.807) is 0 Å². The van der Waals surface area contributed by atoms with Gasteiger partial charge >= 0.3 is 0 Å². The first-order valence-electron chi connectivity index (χ1n) is 6.72. The van der Waals surface area contributed by atoms with Crippen LogP contribution in [0.5, 0.6) is 0 Å². The predicted molar refractivity (Wildman–Crippen MR) is 86.9 cm³/mol. The first-order chi connectivity index (χ1) is 9.79. The summed E-state index contributed by atoms with van der Waals surface area (Å²) >= 11 is 3.55. The van der Waals surface area contributed by atoms with Gasteiger partial charge < -0.3 is 9.88 Å². The first-order valence-corrected chi connectivity index (χ1v) is 7.51. The number of rotatable bonds is 4. The third-order valence-corrected chi connectivity index (χ3v) is 4.05. The van der Waals surface area contributed by atoms with Crippen LogP contribution < -0.4 is 5.32 Å². The van der Waals surface area contributed by atoms with E-state index in [4.69, 9.17) is 4.98 Å². The van der Waals surface area contributed by atoms with Crippen molar-refractivity contribution in [2.24, 2.45) is 0 Å². The molecule has 0 saturated carbocycles. The maximum Gasteiger partial charge on any atom is 0.129 e. The molecule has 0 aliphatic rings. The molecule has 0 unspecified atom stereocenters. The van der Waals surface area contributed by atoms with E-state index in [9.17, 15) is 0 Å². The van der Waals surface area contributed by atoms with E-state index in [-0.39, 0.29) is 0 Å². The minimum Gasteiger partial charge on any atom is -0.377 e. The van der Waals surface area contributed by atoms with E-state index >= 15 is 0 Å². The van der Waals surface area contributed by atoms with E-state index in [0.29, 0.717) is 6.54 Å². The molecule has 0 spiro atoms. The fraction of sp³-hybridized carbons (Fsp3) is 0.188. The number of benzene rings is 2. The average molecular weight is 330 g/mol. The molecule has 0 amide bonds. The second-order valence-corrected chi connectivity index (χ2v) is 5.45. The van der Waals surface area contributed by atoms with Gasteiger partial charge in [-0.05, 0) is 47.1 Å². The van der Waals surface area contributed by atoms with Crippen molar-refractivity contribution in [2.45, 2.75) is 20.0 Å². The van der Waals surface area contributed by atoms with Crippen LogP contribution in [0.15, 0.2) is 53.0 Å². The fourth-order valence-corrected chi connectivity index (χ4v) is 2.82. The summed E-state index contributed by atoms with van der Waals surface area (Å²) < 4.78 is 3.32. The summed E-state index contributed by atoms with van der Waals surface area (Å²) in [6.45, 7) is 3.79. The number of fused-ring (bicyclic) bond motifs is 1. The topological polar surface area (TPSA) is 29.9 Å². The zero-order valence-electron chi connectivity index (χ0n) is 11.3. The lowest BCUT2D eigenvalue weighted by Crippen LogP contribution is -2.08. The Hall–Kier alpha value is -1.81. The van der Waals surface area contributed by atoms with Gasteiger partial charge in [-0.1, -0.05) is 24.3 Å². The van der Waals surface area contributed by atoms with Crippen molar-refractivity contribution in [1.82, 2.24) is 9.55 Å². The predicted octanol–water partition coefficient (Wildman–Crippen LogP) is 4.43. The highest BCUT2D eigenvalue weighted by Crippen LogP contribution is 2.22. The van der Waals surface area contributed by atoms with Crippen molar-refractivity contribution in [1.29, 1.82) is 0 Å². The molecule has 1 heterocycles. The number of nitrogens with one attached hydrogen (secondary N) is 1. The highest BCUT2D eigenvalue weighted by Gasteiger charge is 2.09. The molecule has 3 nitrogen and oxygen atoms in total. The summed E-state index contributed by atoms with van der Waals surface area (Å²) in [5.41, 5.74) is 3.33. The van der Waals surface area contributed by atoms with E-state index in [1.165, 1.54) is 5.52 Å². The highest BCUT2D eigenvalue weighted by atomic mass is 79.9. The minimum atomic E-state index is 0.713. The molecule has 3 aromatic rings. The number of imidazole rings is 1. The molecule has 3 rings (SSSR count). The smallest absolute Gasteiger partial charge is 0.129 e. The lowest BCUT2D eigenvalue weighted by molar-refractivity contribution is 0.729. The molecule has 0 aliphatic carbocycles. The number of aryl methyl sites for hydroxylation is 1. The van der Waals surface area contributed by atoms with Gasteiger partial charge in [0.2, 0.25) is 0 Å². The van der Waals surface area contributed by atoms with Crippen molar-refractivity contribution in [2.75, 3.05) is 5.32 Å². The molecule has 0 saturated heterocycles. The van der Waals surface area contributed by atoms with Gasteiger partial charge in [-0.2, -0.15) is 0 Å². The SMILES string of the molecule is CCn1c(CNc2ccccc2Br)nc2ccccc21. The zero-order valence-corrected chi connectivity index (χ0v) is 12.9. The van der Waals surface area contributed by atoms with Gasteiger partial charge in [0.15, 0.2) is 0 Å². The molecule has 0 aliphatic heterocycles. The second kappa shape index (κ2) is 5.67. The number of hydrogen-bond donors (Lipinski definition) is 1. The summed E-state index contributed by atoms with van der Waals surface area (Å²) in [5, 5.41) is 3.43. The lowest BCUT2D eigenvalue weighted by atomic mass is 10.3. The number of aromatic nitrogens is 2. The van der Waals surface area contributed by atoms with Gasteiger partial charge in [0, 0.05) is 16.7 Å². The molecule has 20 heavy (non-hydrogen) atoms. The highest BCUT2D eigenvalue weighted by molar-refractivity contribution is 9.10. The summed E-state index contributed by atoms with van der Waals surface area (Å²) in [6.07, 6.45) is 0. The third kappa shape index (κ3) is 2.43. The zero-order chi connectivity index (χ0) is 13.9. The van der Waals surface area contributed by atoms with Crippen LogP contribution in [0.2, 0.25) is 0 Å². The van der Waals surface area contributed by atoms with Crippen LogP contribution in [-0.4, -0.2) is 9.55 Å². The lowest BCUT2D eigenvalue weighted by Gasteiger charge is -2.09. The van der Waals surface area contributed by atoms with Crippen LogP contribution in [0.3, 0.4) is 0 Å². The second-order valence-electron chi connectivity index (χ2n) is 4.59. The summed E-state index contributed by atoms with van der Waals surface area (Å²) in [5.74, 6) is 1.06. The van der Waals surface area contributed by atoms with Crippen LogP contribution in [0.1, 0.15) is 12.7 Å². The van der Waals surface area contributed by atoms with E-state index in [0.717, 1.165) is 28.0 Å². The Balaban J connectivity index is 1.89. The number of halogens is 1. The summed E-state index contributed by atoms with van der Waals surface area (Å²) in [4.78, 5) is 4.71. The van der Waals surface area contributed by atoms with E-state index < -0.39 is 0 Å². The first kappa shape index (κ1) is 13.2. The Morgan fingerprint density at radius 1 is 1.10 bits per heavy atom. The normalized spacial score (nSPS) is 10.9. The number of nitrogens with zero attached hydrogens (tertiary/aromatic N) is 2. The van der Waals surface area contributed by atoms with Gasteiger partial charge in [-0.3, -0.25) is 0 Å². The standard InChI is InChI=1S/C16H16BrN3/c1-2-20-15-10-6-5-9-14(15)19-16(20)11-18-13-8-4-3-7-12(13)17/h3-10,18H,2,11H2,1H3. The Labute approximate surface area is 126 Å².